The summed E-state index contributed by atoms with van der Waals surface area (Å²) in [5.41, 5.74) is -0.134. The van der Waals surface area contributed by atoms with Gasteiger partial charge < -0.3 is 19.5 Å². The molecule has 0 radical (unpaired) electrons. The highest BCUT2D eigenvalue weighted by molar-refractivity contribution is 6.43. The molecule has 1 unspecified atom stereocenters. The maximum Gasteiger partial charge on any atom is 0.454 e. The van der Waals surface area contributed by atoms with Gasteiger partial charge in [-0.3, -0.25) is 0 Å². The van der Waals surface area contributed by atoms with Crippen molar-refractivity contribution in [2.24, 2.45) is 0 Å². The van der Waals surface area contributed by atoms with Crippen molar-refractivity contribution in [2.45, 2.75) is 37.1 Å². The minimum Gasteiger partial charge on any atom is -0.427 e. The summed E-state index contributed by atoms with van der Waals surface area (Å²) >= 11 is 0. The number of rotatable bonds is 1. The van der Waals surface area contributed by atoms with Crippen LogP contribution < -0.4 is 0 Å². The summed E-state index contributed by atoms with van der Waals surface area (Å²) in [5.74, 6) is -0.0261. The van der Waals surface area contributed by atoms with Crippen molar-refractivity contribution in [3.8, 4) is 0 Å². The Morgan fingerprint density at radius 3 is 2.50 bits per heavy atom. The van der Waals surface area contributed by atoms with E-state index in [1.54, 1.807) is 0 Å². The fourth-order valence-corrected chi connectivity index (χ4v) is 2.41. The molecule has 4 nitrogen and oxygen atoms in total. The molecular weight excluding hydrogens is 183 g/mol. The third-order valence-electron chi connectivity index (χ3n) is 3.36. The van der Waals surface area contributed by atoms with Gasteiger partial charge in [-0.1, -0.05) is 0 Å². The van der Waals surface area contributed by atoms with Crippen LogP contribution in [0.3, 0.4) is 0 Å². The fraction of sp³-hybridized carbons (Fsp3) is 1.00. The quantitative estimate of drug-likeness (QED) is 0.593. The first-order chi connectivity index (χ1) is 6.72. The van der Waals surface area contributed by atoms with Crippen LogP contribution in [0.5, 0.6) is 0 Å². The zero-order valence-corrected chi connectivity index (χ0v) is 8.32. The maximum absolute atomic E-state index is 9.16. The Labute approximate surface area is 84.4 Å². The summed E-state index contributed by atoms with van der Waals surface area (Å²) in [5, 5.41) is 18.3. The Morgan fingerprint density at radius 1 is 1.14 bits per heavy atom. The molecule has 0 aromatic rings. The normalized spacial score (nSPS) is 31.7. The van der Waals surface area contributed by atoms with Crippen LogP contribution in [0.4, 0.5) is 0 Å². The van der Waals surface area contributed by atoms with Gasteiger partial charge in [0.15, 0.2) is 0 Å². The van der Waals surface area contributed by atoms with Crippen LogP contribution in [-0.2, 0) is 9.47 Å². The largest absolute Gasteiger partial charge is 0.454 e. The minimum absolute atomic E-state index is 0.0261. The third-order valence-corrected chi connectivity index (χ3v) is 3.36. The Morgan fingerprint density at radius 2 is 1.86 bits per heavy atom. The van der Waals surface area contributed by atoms with Crippen LogP contribution in [0.25, 0.3) is 0 Å². The van der Waals surface area contributed by atoms with E-state index >= 15 is 0 Å². The second kappa shape index (κ2) is 4.19. The zero-order chi connectivity index (χ0) is 10.0. The van der Waals surface area contributed by atoms with Crippen molar-refractivity contribution in [1.82, 2.24) is 0 Å². The van der Waals surface area contributed by atoms with E-state index in [-0.39, 0.29) is 11.4 Å². The molecular formula is C9H17BO4. The van der Waals surface area contributed by atoms with E-state index in [0.717, 1.165) is 38.9 Å². The van der Waals surface area contributed by atoms with Gasteiger partial charge in [-0.05, 0) is 31.5 Å². The van der Waals surface area contributed by atoms with Crippen LogP contribution in [0.15, 0.2) is 0 Å². The van der Waals surface area contributed by atoms with Gasteiger partial charge in [0.1, 0.15) is 0 Å². The second-order valence-corrected chi connectivity index (χ2v) is 4.31. The molecule has 0 aromatic carbocycles. The molecule has 80 valence electrons. The monoisotopic (exact) mass is 200 g/mol. The summed E-state index contributed by atoms with van der Waals surface area (Å²) in [6.07, 6.45) is 3.28. The van der Waals surface area contributed by atoms with Gasteiger partial charge in [0.25, 0.3) is 0 Å². The molecule has 0 bridgehead atoms. The summed E-state index contributed by atoms with van der Waals surface area (Å²) in [6.45, 7) is 2.10. The lowest BCUT2D eigenvalue weighted by molar-refractivity contribution is -0.134. The highest BCUT2D eigenvalue weighted by atomic mass is 16.5. The van der Waals surface area contributed by atoms with Gasteiger partial charge in [-0.15, -0.1) is 0 Å². The van der Waals surface area contributed by atoms with Crippen molar-refractivity contribution < 1.29 is 19.5 Å². The molecule has 5 heteroatoms. The van der Waals surface area contributed by atoms with E-state index in [9.17, 15) is 0 Å². The highest BCUT2D eigenvalue weighted by Crippen LogP contribution is 2.39. The minimum atomic E-state index is -1.20. The Kier molecular flexibility index (Phi) is 3.12. The van der Waals surface area contributed by atoms with Crippen LogP contribution in [0.2, 0.25) is 5.82 Å². The van der Waals surface area contributed by atoms with Gasteiger partial charge in [0.05, 0.1) is 5.60 Å². The van der Waals surface area contributed by atoms with Crippen molar-refractivity contribution in [2.75, 3.05) is 19.8 Å². The molecule has 0 amide bonds. The molecule has 14 heavy (non-hydrogen) atoms. The summed E-state index contributed by atoms with van der Waals surface area (Å²) < 4.78 is 11.1. The van der Waals surface area contributed by atoms with Gasteiger partial charge in [-0.25, -0.2) is 0 Å². The average Bonchev–Trinajstić information content (AvgIpc) is 2.19. The summed E-state index contributed by atoms with van der Waals surface area (Å²) in [4.78, 5) is 0. The standard InChI is InChI=1S/C9H17BO4/c11-10(12)8-1-4-14-9(7-8)2-5-13-6-3-9/h8,11-12H,1-7H2. The number of ether oxygens (including phenoxy) is 2. The first-order valence-corrected chi connectivity index (χ1v) is 5.30. The smallest absolute Gasteiger partial charge is 0.427 e. The van der Waals surface area contributed by atoms with E-state index in [2.05, 4.69) is 0 Å². The van der Waals surface area contributed by atoms with E-state index < -0.39 is 7.12 Å². The molecule has 2 heterocycles. The Hall–Kier alpha value is -0.0951. The van der Waals surface area contributed by atoms with Crippen molar-refractivity contribution in [3.63, 3.8) is 0 Å². The second-order valence-electron chi connectivity index (χ2n) is 4.31. The molecule has 2 aliphatic heterocycles. The lowest BCUT2D eigenvalue weighted by Crippen LogP contribution is -2.45. The van der Waals surface area contributed by atoms with Gasteiger partial charge >= 0.3 is 7.12 Å². The number of hydrogen-bond donors (Lipinski definition) is 2. The predicted molar refractivity (Wildman–Crippen MR) is 51.9 cm³/mol. The highest BCUT2D eigenvalue weighted by Gasteiger charge is 2.42. The lowest BCUT2D eigenvalue weighted by Gasteiger charge is -2.43. The predicted octanol–water partition coefficient (Wildman–Crippen LogP) is 0.189. The molecule has 0 saturated carbocycles. The van der Waals surface area contributed by atoms with E-state index in [1.807, 2.05) is 0 Å². The van der Waals surface area contributed by atoms with Crippen LogP contribution in [-0.4, -0.2) is 42.6 Å². The molecule has 2 fully saturated rings. The molecule has 0 aromatic heterocycles. The number of hydrogen-bond acceptors (Lipinski definition) is 4. The SMILES string of the molecule is OB(O)C1CCOC2(CCOCC2)C1. The molecule has 1 atom stereocenters. The fourth-order valence-electron chi connectivity index (χ4n) is 2.41. The van der Waals surface area contributed by atoms with Gasteiger partial charge in [0.2, 0.25) is 0 Å². The summed E-state index contributed by atoms with van der Waals surface area (Å²) in [7, 11) is -1.20. The van der Waals surface area contributed by atoms with E-state index in [1.165, 1.54) is 0 Å². The molecule has 1 spiro atoms. The first-order valence-electron chi connectivity index (χ1n) is 5.30. The average molecular weight is 200 g/mol. The van der Waals surface area contributed by atoms with Crippen molar-refractivity contribution in [1.29, 1.82) is 0 Å². The van der Waals surface area contributed by atoms with Gasteiger partial charge in [0, 0.05) is 19.8 Å². The maximum atomic E-state index is 9.16. The first kappa shape index (κ1) is 10.4. The topological polar surface area (TPSA) is 58.9 Å². The van der Waals surface area contributed by atoms with Crippen LogP contribution >= 0.6 is 0 Å². The molecule has 2 N–H and O–H groups in total. The molecule has 2 rings (SSSR count). The van der Waals surface area contributed by atoms with E-state index in [0.29, 0.717) is 6.61 Å². The van der Waals surface area contributed by atoms with Crippen molar-refractivity contribution in [3.05, 3.63) is 0 Å². The molecule has 2 aliphatic rings. The van der Waals surface area contributed by atoms with Crippen LogP contribution in [0, 0.1) is 0 Å². The third kappa shape index (κ3) is 2.11. The zero-order valence-electron chi connectivity index (χ0n) is 8.32. The van der Waals surface area contributed by atoms with Crippen LogP contribution in [0.1, 0.15) is 25.7 Å². The Bertz CT molecular complexity index is 186. The Balaban J connectivity index is 1.97. The molecule has 2 saturated heterocycles. The lowest BCUT2D eigenvalue weighted by atomic mass is 9.63. The van der Waals surface area contributed by atoms with E-state index in [4.69, 9.17) is 19.5 Å². The summed E-state index contributed by atoms with van der Waals surface area (Å²) in [6, 6.07) is 0. The van der Waals surface area contributed by atoms with Gasteiger partial charge in [-0.2, -0.15) is 0 Å². The molecule has 0 aliphatic carbocycles. The van der Waals surface area contributed by atoms with Crippen molar-refractivity contribution >= 4 is 7.12 Å².